The molecule has 1 heterocycles. The average molecular weight is 287 g/mol. The van der Waals surface area contributed by atoms with Gasteiger partial charge in [0.2, 0.25) is 5.91 Å². The third-order valence-electron chi connectivity index (χ3n) is 4.80. The largest absolute Gasteiger partial charge is 0.481 e. The molecule has 3 rings (SSSR count). The summed E-state index contributed by atoms with van der Waals surface area (Å²) >= 11 is 0. The van der Waals surface area contributed by atoms with E-state index in [4.69, 9.17) is 5.11 Å². The van der Waals surface area contributed by atoms with Gasteiger partial charge in [0.1, 0.15) is 0 Å². The first kappa shape index (κ1) is 14.1. The van der Waals surface area contributed by atoms with Crippen molar-refractivity contribution in [2.45, 2.75) is 32.6 Å². The Labute approximate surface area is 124 Å². The van der Waals surface area contributed by atoms with Crippen molar-refractivity contribution >= 4 is 11.9 Å². The van der Waals surface area contributed by atoms with Gasteiger partial charge < -0.3 is 10.0 Å². The van der Waals surface area contributed by atoms with Crippen LogP contribution in [0.1, 0.15) is 30.0 Å². The highest BCUT2D eigenvalue weighted by molar-refractivity contribution is 5.81. The third kappa shape index (κ3) is 2.80. The molecule has 0 radical (unpaired) electrons. The zero-order chi connectivity index (χ0) is 15.0. The normalized spacial score (nSPS) is 24.1. The van der Waals surface area contributed by atoms with E-state index in [-0.39, 0.29) is 11.8 Å². The number of amides is 1. The van der Waals surface area contributed by atoms with Crippen molar-refractivity contribution in [3.63, 3.8) is 0 Å². The standard InChI is InChI=1S/C17H21NO3/c1-11-9-18(10-15(11)17(20)21)16(19)8-12-5-6-13-3-2-4-14(13)7-12/h5-7,11,15H,2-4,8-10H2,1H3,(H,20,21). The van der Waals surface area contributed by atoms with Crippen LogP contribution in [0.4, 0.5) is 0 Å². The molecule has 0 spiro atoms. The Morgan fingerprint density at radius 3 is 2.71 bits per heavy atom. The van der Waals surface area contributed by atoms with Crippen molar-refractivity contribution in [2.24, 2.45) is 11.8 Å². The van der Waals surface area contributed by atoms with E-state index in [1.54, 1.807) is 4.90 Å². The number of benzene rings is 1. The van der Waals surface area contributed by atoms with Gasteiger partial charge in [-0.25, -0.2) is 0 Å². The van der Waals surface area contributed by atoms with Crippen LogP contribution < -0.4 is 0 Å². The number of fused-ring (bicyclic) bond motifs is 1. The smallest absolute Gasteiger partial charge is 0.308 e. The minimum atomic E-state index is -0.796. The lowest BCUT2D eigenvalue weighted by atomic mass is 9.99. The van der Waals surface area contributed by atoms with Crippen molar-refractivity contribution in [3.05, 3.63) is 34.9 Å². The summed E-state index contributed by atoms with van der Waals surface area (Å²) in [6.45, 7) is 2.81. The van der Waals surface area contributed by atoms with E-state index in [1.807, 2.05) is 13.0 Å². The van der Waals surface area contributed by atoms with Crippen molar-refractivity contribution in [2.75, 3.05) is 13.1 Å². The summed E-state index contributed by atoms with van der Waals surface area (Å²) in [4.78, 5) is 25.2. The van der Waals surface area contributed by atoms with Crippen LogP contribution in [-0.4, -0.2) is 35.0 Å². The predicted molar refractivity (Wildman–Crippen MR) is 79.0 cm³/mol. The van der Waals surface area contributed by atoms with Gasteiger partial charge in [-0.15, -0.1) is 0 Å². The molecule has 1 saturated heterocycles. The number of hydrogen-bond donors (Lipinski definition) is 1. The maximum Gasteiger partial charge on any atom is 0.308 e. The van der Waals surface area contributed by atoms with E-state index >= 15 is 0 Å². The summed E-state index contributed by atoms with van der Waals surface area (Å²) in [5.41, 5.74) is 3.83. The number of carboxylic acid groups (broad SMARTS) is 1. The van der Waals surface area contributed by atoms with Gasteiger partial charge in [0.05, 0.1) is 12.3 Å². The van der Waals surface area contributed by atoms with Crippen molar-refractivity contribution in [1.29, 1.82) is 0 Å². The fourth-order valence-corrected chi connectivity index (χ4v) is 3.51. The van der Waals surface area contributed by atoms with Crippen LogP contribution in [0, 0.1) is 11.8 Å². The lowest BCUT2D eigenvalue weighted by molar-refractivity contribution is -0.142. The Balaban J connectivity index is 1.66. The van der Waals surface area contributed by atoms with Crippen molar-refractivity contribution < 1.29 is 14.7 Å². The number of hydrogen-bond acceptors (Lipinski definition) is 2. The summed E-state index contributed by atoms with van der Waals surface area (Å²) in [5.74, 6) is -1.14. The van der Waals surface area contributed by atoms with Gasteiger partial charge in [0.15, 0.2) is 0 Å². The van der Waals surface area contributed by atoms with Crippen molar-refractivity contribution in [1.82, 2.24) is 4.90 Å². The number of likely N-dealkylation sites (tertiary alicyclic amines) is 1. The topological polar surface area (TPSA) is 57.6 Å². The van der Waals surface area contributed by atoms with E-state index in [0.717, 1.165) is 18.4 Å². The van der Waals surface area contributed by atoms with E-state index < -0.39 is 11.9 Å². The molecule has 1 aromatic rings. The molecule has 1 fully saturated rings. The summed E-state index contributed by atoms with van der Waals surface area (Å²) in [7, 11) is 0. The highest BCUT2D eigenvalue weighted by Crippen LogP contribution is 2.25. The minimum Gasteiger partial charge on any atom is -0.481 e. The molecule has 0 bridgehead atoms. The number of carboxylic acids is 1. The van der Waals surface area contributed by atoms with Crippen LogP contribution in [0.25, 0.3) is 0 Å². The Morgan fingerprint density at radius 1 is 1.24 bits per heavy atom. The van der Waals surface area contributed by atoms with Crippen LogP contribution in [0.3, 0.4) is 0 Å². The van der Waals surface area contributed by atoms with E-state index in [2.05, 4.69) is 12.1 Å². The minimum absolute atomic E-state index is 0.0338. The molecule has 1 N–H and O–H groups in total. The van der Waals surface area contributed by atoms with Gasteiger partial charge in [-0.2, -0.15) is 0 Å². The molecule has 2 aliphatic rings. The zero-order valence-corrected chi connectivity index (χ0v) is 12.3. The molecule has 0 aromatic heterocycles. The van der Waals surface area contributed by atoms with Crippen LogP contribution >= 0.6 is 0 Å². The molecule has 1 aromatic carbocycles. The molecule has 1 aliphatic heterocycles. The fraction of sp³-hybridized carbons (Fsp3) is 0.529. The van der Waals surface area contributed by atoms with E-state index in [0.29, 0.717) is 19.5 Å². The number of aliphatic carboxylic acids is 1. The summed E-state index contributed by atoms with van der Waals surface area (Å²) in [5, 5.41) is 9.14. The number of carbonyl (C=O) groups excluding carboxylic acids is 1. The van der Waals surface area contributed by atoms with Gasteiger partial charge in [-0.05, 0) is 41.9 Å². The van der Waals surface area contributed by atoms with Crippen LogP contribution in [0.5, 0.6) is 0 Å². The van der Waals surface area contributed by atoms with Gasteiger partial charge >= 0.3 is 5.97 Å². The molecule has 0 saturated carbocycles. The van der Waals surface area contributed by atoms with E-state index in [9.17, 15) is 9.59 Å². The summed E-state index contributed by atoms with van der Waals surface area (Å²) in [6.07, 6.45) is 3.84. The fourth-order valence-electron chi connectivity index (χ4n) is 3.51. The molecule has 1 amide bonds. The number of carbonyl (C=O) groups is 2. The molecule has 4 nitrogen and oxygen atoms in total. The first-order valence-electron chi connectivity index (χ1n) is 7.66. The molecule has 4 heteroatoms. The van der Waals surface area contributed by atoms with Crippen LogP contribution in [-0.2, 0) is 28.9 Å². The maximum absolute atomic E-state index is 12.4. The number of nitrogens with zero attached hydrogens (tertiary/aromatic N) is 1. The van der Waals surface area contributed by atoms with Gasteiger partial charge in [-0.1, -0.05) is 25.1 Å². The van der Waals surface area contributed by atoms with Gasteiger partial charge in [0.25, 0.3) is 0 Å². The monoisotopic (exact) mass is 287 g/mol. The quantitative estimate of drug-likeness (QED) is 0.923. The summed E-state index contributed by atoms with van der Waals surface area (Å²) in [6, 6.07) is 6.32. The average Bonchev–Trinajstić information content (AvgIpc) is 3.04. The molecular formula is C17H21NO3. The first-order chi connectivity index (χ1) is 10.0. The SMILES string of the molecule is CC1CN(C(=O)Cc2ccc3c(c2)CCC3)CC1C(=O)O. The molecule has 2 unspecified atom stereocenters. The highest BCUT2D eigenvalue weighted by atomic mass is 16.4. The summed E-state index contributed by atoms with van der Waals surface area (Å²) < 4.78 is 0. The third-order valence-corrected chi connectivity index (χ3v) is 4.80. The molecule has 2 atom stereocenters. The second-order valence-corrected chi connectivity index (χ2v) is 6.35. The Bertz CT molecular complexity index is 581. The van der Waals surface area contributed by atoms with E-state index in [1.165, 1.54) is 17.5 Å². The Kier molecular flexibility index (Phi) is 3.70. The second kappa shape index (κ2) is 5.51. The number of rotatable bonds is 3. The zero-order valence-electron chi connectivity index (χ0n) is 12.3. The first-order valence-corrected chi connectivity index (χ1v) is 7.66. The Hall–Kier alpha value is -1.84. The van der Waals surface area contributed by atoms with Gasteiger partial charge in [-0.3, -0.25) is 9.59 Å². The molecule has 1 aliphatic carbocycles. The van der Waals surface area contributed by atoms with Crippen LogP contribution in [0.15, 0.2) is 18.2 Å². The van der Waals surface area contributed by atoms with Crippen molar-refractivity contribution in [3.8, 4) is 0 Å². The predicted octanol–water partition coefficient (Wildman–Crippen LogP) is 1.90. The van der Waals surface area contributed by atoms with Crippen LogP contribution in [0.2, 0.25) is 0 Å². The number of aryl methyl sites for hydroxylation is 2. The maximum atomic E-state index is 12.4. The lowest BCUT2D eigenvalue weighted by Gasteiger charge is -2.16. The van der Waals surface area contributed by atoms with Gasteiger partial charge in [0, 0.05) is 13.1 Å². The Morgan fingerprint density at radius 2 is 2.00 bits per heavy atom. The molecule has 21 heavy (non-hydrogen) atoms. The molecule has 112 valence electrons. The lowest BCUT2D eigenvalue weighted by Crippen LogP contribution is -2.31. The second-order valence-electron chi connectivity index (χ2n) is 6.35. The molecular weight excluding hydrogens is 266 g/mol. The highest BCUT2D eigenvalue weighted by Gasteiger charge is 2.36.